The second kappa shape index (κ2) is 4.64. The van der Waals surface area contributed by atoms with Gasteiger partial charge in [0.15, 0.2) is 0 Å². The second-order valence-corrected chi connectivity index (χ2v) is 6.01. The molecule has 2 aliphatic rings. The minimum atomic E-state index is -0.372. The average molecular weight is 278 g/mol. The Labute approximate surface area is 117 Å². The molecule has 100 valence electrons. The predicted molar refractivity (Wildman–Crippen MR) is 72.5 cm³/mol. The Morgan fingerprint density at radius 1 is 1.11 bits per heavy atom. The molecule has 1 aliphatic carbocycles. The van der Waals surface area contributed by atoms with Crippen LogP contribution in [0.1, 0.15) is 37.7 Å². The number of carbonyl (C=O) groups is 2. The SMILES string of the molecule is O=C1CC2(CCCC2)C(=O)N1Cc1ccc(Cl)cc1. The fraction of sp³-hybridized carbons (Fsp3) is 0.467. The number of nitrogens with zero attached hydrogens (tertiary/aromatic N) is 1. The Morgan fingerprint density at radius 2 is 1.74 bits per heavy atom. The Hall–Kier alpha value is -1.35. The molecular formula is C15H16ClNO2. The molecule has 4 heteroatoms. The van der Waals surface area contributed by atoms with E-state index in [4.69, 9.17) is 11.6 Å². The van der Waals surface area contributed by atoms with Crippen molar-refractivity contribution in [3.05, 3.63) is 34.9 Å². The van der Waals surface area contributed by atoms with Gasteiger partial charge in [0.25, 0.3) is 0 Å². The molecule has 1 spiro atoms. The van der Waals surface area contributed by atoms with E-state index in [-0.39, 0.29) is 17.2 Å². The van der Waals surface area contributed by atoms with Gasteiger partial charge in [-0.25, -0.2) is 0 Å². The average Bonchev–Trinajstić information content (AvgIpc) is 2.94. The molecule has 1 aromatic rings. The number of hydrogen-bond donors (Lipinski definition) is 0. The molecule has 1 heterocycles. The highest BCUT2D eigenvalue weighted by Gasteiger charge is 2.52. The molecule has 1 saturated heterocycles. The number of benzene rings is 1. The highest BCUT2D eigenvalue weighted by atomic mass is 35.5. The summed E-state index contributed by atoms with van der Waals surface area (Å²) in [5.41, 5.74) is 0.574. The zero-order chi connectivity index (χ0) is 13.5. The molecule has 0 radical (unpaired) electrons. The van der Waals surface area contributed by atoms with Gasteiger partial charge < -0.3 is 0 Å². The van der Waals surface area contributed by atoms with E-state index in [0.717, 1.165) is 31.2 Å². The number of halogens is 1. The van der Waals surface area contributed by atoms with Crippen molar-refractivity contribution in [2.24, 2.45) is 5.41 Å². The summed E-state index contributed by atoms with van der Waals surface area (Å²) >= 11 is 5.84. The van der Waals surface area contributed by atoms with Crippen LogP contribution >= 0.6 is 11.6 Å². The van der Waals surface area contributed by atoms with E-state index in [1.54, 1.807) is 12.1 Å². The second-order valence-electron chi connectivity index (χ2n) is 5.58. The van der Waals surface area contributed by atoms with Crippen LogP contribution < -0.4 is 0 Å². The standard InChI is InChI=1S/C15H16ClNO2/c16-12-5-3-11(4-6-12)10-17-13(18)9-15(14(17)19)7-1-2-8-15/h3-6H,1-2,7-10H2. The van der Waals surface area contributed by atoms with Gasteiger partial charge in [0.1, 0.15) is 0 Å². The molecule has 1 aromatic carbocycles. The van der Waals surface area contributed by atoms with Gasteiger partial charge in [0.2, 0.25) is 11.8 Å². The van der Waals surface area contributed by atoms with Crippen LogP contribution in [-0.2, 0) is 16.1 Å². The van der Waals surface area contributed by atoms with Crippen molar-refractivity contribution in [2.75, 3.05) is 0 Å². The Balaban J connectivity index is 1.79. The van der Waals surface area contributed by atoms with E-state index >= 15 is 0 Å². The van der Waals surface area contributed by atoms with E-state index < -0.39 is 0 Å². The molecule has 3 rings (SSSR count). The lowest BCUT2D eigenvalue weighted by atomic mass is 9.84. The van der Waals surface area contributed by atoms with E-state index in [1.807, 2.05) is 12.1 Å². The van der Waals surface area contributed by atoms with Gasteiger partial charge in [-0.3, -0.25) is 14.5 Å². The third kappa shape index (κ3) is 2.16. The highest BCUT2D eigenvalue weighted by molar-refractivity contribution is 6.30. The molecule has 1 aliphatic heterocycles. The number of imide groups is 1. The smallest absolute Gasteiger partial charge is 0.236 e. The summed E-state index contributed by atoms with van der Waals surface area (Å²) in [7, 11) is 0. The van der Waals surface area contributed by atoms with Crippen molar-refractivity contribution in [3.8, 4) is 0 Å². The molecule has 0 atom stereocenters. The van der Waals surface area contributed by atoms with E-state index in [9.17, 15) is 9.59 Å². The van der Waals surface area contributed by atoms with Crippen molar-refractivity contribution < 1.29 is 9.59 Å². The summed E-state index contributed by atoms with van der Waals surface area (Å²) in [4.78, 5) is 26.0. The van der Waals surface area contributed by atoms with Crippen LogP contribution in [-0.4, -0.2) is 16.7 Å². The predicted octanol–water partition coefficient (Wildman–Crippen LogP) is 3.16. The first-order chi connectivity index (χ1) is 9.11. The number of hydrogen-bond acceptors (Lipinski definition) is 2. The lowest BCUT2D eigenvalue weighted by Gasteiger charge is -2.20. The maximum Gasteiger partial charge on any atom is 0.236 e. The minimum absolute atomic E-state index is 0.0261. The number of carbonyl (C=O) groups excluding carboxylic acids is 2. The van der Waals surface area contributed by atoms with Crippen molar-refractivity contribution in [2.45, 2.75) is 38.6 Å². The Kier molecular flexibility index (Phi) is 3.09. The topological polar surface area (TPSA) is 37.4 Å². The summed E-state index contributed by atoms with van der Waals surface area (Å²) in [6.07, 6.45) is 4.27. The summed E-state index contributed by atoms with van der Waals surface area (Å²) in [6, 6.07) is 7.30. The van der Waals surface area contributed by atoms with E-state index in [2.05, 4.69) is 0 Å². The zero-order valence-corrected chi connectivity index (χ0v) is 11.4. The molecule has 3 nitrogen and oxygen atoms in total. The van der Waals surface area contributed by atoms with Gasteiger partial charge in [-0.1, -0.05) is 36.6 Å². The summed E-state index contributed by atoms with van der Waals surface area (Å²) < 4.78 is 0. The highest BCUT2D eigenvalue weighted by Crippen LogP contribution is 2.47. The van der Waals surface area contributed by atoms with Crippen molar-refractivity contribution in [1.29, 1.82) is 0 Å². The summed E-state index contributed by atoms with van der Waals surface area (Å²) in [5.74, 6) is 0.00630. The number of rotatable bonds is 2. The Morgan fingerprint density at radius 3 is 2.37 bits per heavy atom. The monoisotopic (exact) mass is 277 g/mol. The van der Waals surface area contributed by atoms with Gasteiger partial charge in [-0.2, -0.15) is 0 Å². The summed E-state index contributed by atoms with van der Waals surface area (Å²) in [5, 5.41) is 0.662. The zero-order valence-electron chi connectivity index (χ0n) is 10.7. The fourth-order valence-corrected chi connectivity index (χ4v) is 3.36. The van der Waals surface area contributed by atoms with Crippen molar-refractivity contribution in [1.82, 2.24) is 4.90 Å². The fourth-order valence-electron chi connectivity index (χ4n) is 3.23. The minimum Gasteiger partial charge on any atom is -0.278 e. The molecule has 19 heavy (non-hydrogen) atoms. The van der Waals surface area contributed by atoms with Gasteiger partial charge in [-0.05, 0) is 30.5 Å². The van der Waals surface area contributed by atoms with Crippen molar-refractivity contribution >= 4 is 23.4 Å². The maximum atomic E-state index is 12.5. The quantitative estimate of drug-likeness (QED) is 0.779. The Bertz CT molecular complexity index is 517. The summed E-state index contributed by atoms with van der Waals surface area (Å²) in [6.45, 7) is 0.372. The third-order valence-electron chi connectivity index (χ3n) is 4.30. The first kappa shape index (κ1) is 12.7. The maximum absolute atomic E-state index is 12.5. The third-order valence-corrected chi connectivity index (χ3v) is 4.56. The molecular weight excluding hydrogens is 262 g/mol. The normalized spacial score (nSPS) is 21.6. The number of likely N-dealkylation sites (tertiary alicyclic amines) is 1. The molecule has 0 aromatic heterocycles. The van der Waals surface area contributed by atoms with Gasteiger partial charge >= 0.3 is 0 Å². The van der Waals surface area contributed by atoms with E-state index in [0.29, 0.717) is 18.0 Å². The first-order valence-electron chi connectivity index (χ1n) is 6.70. The van der Waals surface area contributed by atoms with Crippen LogP contribution in [0.5, 0.6) is 0 Å². The molecule has 2 fully saturated rings. The van der Waals surface area contributed by atoms with Crippen LogP contribution in [0, 0.1) is 5.41 Å². The molecule has 0 bridgehead atoms. The largest absolute Gasteiger partial charge is 0.278 e. The van der Waals surface area contributed by atoms with Crippen LogP contribution in [0.25, 0.3) is 0 Å². The van der Waals surface area contributed by atoms with Crippen molar-refractivity contribution in [3.63, 3.8) is 0 Å². The van der Waals surface area contributed by atoms with Crippen LogP contribution in [0.2, 0.25) is 5.02 Å². The van der Waals surface area contributed by atoms with E-state index in [1.165, 1.54) is 4.90 Å². The first-order valence-corrected chi connectivity index (χ1v) is 7.08. The van der Waals surface area contributed by atoms with Gasteiger partial charge in [-0.15, -0.1) is 0 Å². The molecule has 0 unspecified atom stereocenters. The molecule has 0 N–H and O–H groups in total. The van der Waals surface area contributed by atoms with Crippen LogP contribution in [0.15, 0.2) is 24.3 Å². The number of amides is 2. The van der Waals surface area contributed by atoms with Crippen LogP contribution in [0.3, 0.4) is 0 Å². The van der Waals surface area contributed by atoms with Gasteiger partial charge in [0.05, 0.1) is 12.0 Å². The lowest BCUT2D eigenvalue weighted by Crippen LogP contribution is -2.33. The van der Waals surface area contributed by atoms with Crippen LogP contribution in [0.4, 0.5) is 0 Å². The molecule has 2 amide bonds. The lowest BCUT2D eigenvalue weighted by molar-refractivity contribution is -0.142. The van der Waals surface area contributed by atoms with Gasteiger partial charge in [0, 0.05) is 11.4 Å². The molecule has 1 saturated carbocycles.